The van der Waals surface area contributed by atoms with Crippen LogP contribution in [0, 0.1) is 0 Å². The summed E-state index contributed by atoms with van der Waals surface area (Å²) in [7, 11) is 0. The van der Waals surface area contributed by atoms with Crippen LogP contribution in [0.15, 0.2) is 65.4 Å². The van der Waals surface area contributed by atoms with Crippen molar-refractivity contribution in [2.24, 2.45) is 0 Å². The molecule has 0 spiro atoms. The van der Waals surface area contributed by atoms with Crippen LogP contribution in [0.4, 0.5) is 0 Å². The summed E-state index contributed by atoms with van der Waals surface area (Å²) in [5.74, 6) is 1.34. The lowest BCUT2D eigenvalue weighted by atomic mass is 10.1. The predicted octanol–water partition coefficient (Wildman–Crippen LogP) is 3.55. The smallest absolute Gasteiger partial charge is 0.226 e. The molecule has 132 valence electrons. The van der Waals surface area contributed by atoms with E-state index in [2.05, 4.69) is 43.9 Å². The maximum absolute atomic E-state index is 5.40. The lowest BCUT2D eigenvalue weighted by Gasteiger charge is -2.15. The molecule has 26 heavy (non-hydrogen) atoms. The summed E-state index contributed by atoms with van der Waals surface area (Å²) in [4.78, 5) is 9.02. The first-order valence-corrected chi connectivity index (χ1v) is 8.87. The van der Waals surface area contributed by atoms with Crippen molar-refractivity contribution in [2.75, 3.05) is 0 Å². The number of rotatable bonds is 7. The molecule has 6 heteroatoms. The van der Waals surface area contributed by atoms with Crippen molar-refractivity contribution in [1.82, 2.24) is 24.8 Å². The molecule has 0 saturated heterocycles. The molecule has 0 aliphatic rings. The first-order valence-electron chi connectivity index (χ1n) is 8.87. The number of nitrogens with zero attached hydrogens (tertiary/aromatic N) is 4. The van der Waals surface area contributed by atoms with E-state index in [0.29, 0.717) is 18.3 Å². The Balaban J connectivity index is 1.60. The SMILES string of the molecule is CCCc1nc(C(NCc2cnc3ccccn23)c2ccccc2)no1. The second kappa shape index (κ2) is 7.49. The zero-order valence-corrected chi connectivity index (χ0v) is 14.7. The van der Waals surface area contributed by atoms with Gasteiger partial charge in [0.15, 0.2) is 5.82 Å². The number of imidazole rings is 1. The van der Waals surface area contributed by atoms with Crippen molar-refractivity contribution in [3.63, 3.8) is 0 Å². The Kier molecular flexibility index (Phi) is 4.75. The van der Waals surface area contributed by atoms with Crippen LogP contribution in [-0.4, -0.2) is 19.5 Å². The number of fused-ring (bicyclic) bond motifs is 1. The van der Waals surface area contributed by atoms with Crippen LogP contribution < -0.4 is 5.32 Å². The fraction of sp³-hybridized carbons (Fsp3) is 0.250. The fourth-order valence-electron chi connectivity index (χ4n) is 3.03. The van der Waals surface area contributed by atoms with Gasteiger partial charge in [-0.05, 0) is 24.1 Å². The van der Waals surface area contributed by atoms with E-state index < -0.39 is 0 Å². The number of hydrogen-bond acceptors (Lipinski definition) is 5. The van der Waals surface area contributed by atoms with Gasteiger partial charge in [0.1, 0.15) is 5.65 Å². The van der Waals surface area contributed by atoms with E-state index in [9.17, 15) is 0 Å². The van der Waals surface area contributed by atoms with Gasteiger partial charge in [-0.2, -0.15) is 4.98 Å². The van der Waals surface area contributed by atoms with Gasteiger partial charge in [0.05, 0.1) is 17.9 Å². The van der Waals surface area contributed by atoms with Crippen molar-refractivity contribution in [3.05, 3.63) is 83.9 Å². The van der Waals surface area contributed by atoms with Gasteiger partial charge in [0.2, 0.25) is 5.89 Å². The van der Waals surface area contributed by atoms with E-state index in [0.717, 1.165) is 29.7 Å². The van der Waals surface area contributed by atoms with Crippen molar-refractivity contribution >= 4 is 5.65 Å². The second-order valence-electron chi connectivity index (χ2n) is 6.20. The predicted molar refractivity (Wildman–Crippen MR) is 98.6 cm³/mol. The lowest BCUT2D eigenvalue weighted by Crippen LogP contribution is -2.23. The number of pyridine rings is 1. The summed E-state index contributed by atoms with van der Waals surface area (Å²) in [6, 6.07) is 16.0. The summed E-state index contributed by atoms with van der Waals surface area (Å²) in [6.07, 6.45) is 5.68. The Morgan fingerprint density at radius 1 is 1.12 bits per heavy atom. The minimum absolute atomic E-state index is 0.139. The zero-order valence-electron chi connectivity index (χ0n) is 14.7. The van der Waals surface area contributed by atoms with Crippen LogP contribution in [-0.2, 0) is 13.0 Å². The van der Waals surface area contributed by atoms with Gasteiger partial charge in [0.25, 0.3) is 0 Å². The van der Waals surface area contributed by atoms with Crippen molar-refractivity contribution in [1.29, 1.82) is 0 Å². The van der Waals surface area contributed by atoms with Crippen molar-refractivity contribution < 1.29 is 4.52 Å². The van der Waals surface area contributed by atoms with Gasteiger partial charge in [-0.1, -0.05) is 48.5 Å². The average molecular weight is 347 g/mol. The Morgan fingerprint density at radius 3 is 2.81 bits per heavy atom. The van der Waals surface area contributed by atoms with Gasteiger partial charge in [-0.3, -0.25) is 5.32 Å². The number of aromatic nitrogens is 4. The van der Waals surface area contributed by atoms with Crippen molar-refractivity contribution in [3.8, 4) is 0 Å². The maximum atomic E-state index is 5.40. The molecule has 3 heterocycles. The third kappa shape index (κ3) is 3.36. The third-order valence-electron chi connectivity index (χ3n) is 4.32. The van der Waals surface area contributed by atoms with E-state index in [1.165, 1.54) is 0 Å². The first-order chi connectivity index (χ1) is 12.8. The molecule has 1 aromatic carbocycles. The highest BCUT2D eigenvalue weighted by atomic mass is 16.5. The molecule has 1 unspecified atom stereocenters. The number of hydrogen-bond donors (Lipinski definition) is 1. The molecule has 1 N–H and O–H groups in total. The summed E-state index contributed by atoms with van der Waals surface area (Å²) < 4.78 is 7.47. The molecule has 3 aromatic heterocycles. The lowest BCUT2D eigenvalue weighted by molar-refractivity contribution is 0.367. The molecule has 0 aliphatic carbocycles. The van der Waals surface area contributed by atoms with Crippen LogP contribution in [0.5, 0.6) is 0 Å². The molecule has 1 atom stereocenters. The fourth-order valence-corrected chi connectivity index (χ4v) is 3.03. The van der Waals surface area contributed by atoms with Crippen molar-refractivity contribution in [2.45, 2.75) is 32.4 Å². The van der Waals surface area contributed by atoms with Crippen LogP contribution in [0.3, 0.4) is 0 Å². The highest BCUT2D eigenvalue weighted by Gasteiger charge is 2.20. The monoisotopic (exact) mass is 347 g/mol. The Bertz CT molecular complexity index is 976. The summed E-state index contributed by atoms with van der Waals surface area (Å²) in [5.41, 5.74) is 3.12. The minimum atomic E-state index is -0.139. The van der Waals surface area contributed by atoms with Crippen LogP contribution in [0.2, 0.25) is 0 Å². The molecule has 6 nitrogen and oxygen atoms in total. The normalized spacial score (nSPS) is 12.5. The standard InChI is InChI=1S/C20H21N5O/c1-2-8-18-23-20(24-26-18)19(15-9-4-3-5-10-15)22-14-16-13-21-17-11-6-7-12-25(16)17/h3-7,9-13,19,22H,2,8,14H2,1H3. The van der Waals surface area contributed by atoms with Gasteiger partial charge in [-0.25, -0.2) is 4.98 Å². The molecule has 0 saturated carbocycles. The largest absolute Gasteiger partial charge is 0.339 e. The Labute approximate surface area is 151 Å². The van der Waals surface area contributed by atoms with Gasteiger partial charge in [-0.15, -0.1) is 0 Å². The number of benzene rings is 1. The Hall–Kier alpha value is -2.99. The molecular weight excluding hydrogens is 326 g/mol. The Morgan fingerprint density at radius 2 is 1.96 bits per heavy atom. The summed E-state index contributed by atoms with van der Waals surface area (Å²) in [5, 5.41) is 7.76. The minimum Gasteiger partial charge on any atom is -0.339 e. The number of aryl methyl sites for hydroxylation is 1. The molecule has 0 aliphatic heterocycles. The summed E-state index contributed by atoms with van der Waals surface area (Å²) >= 11 is 0. The highest BCUT2D eigenvalue weighted by Crippen LogP contribution is 2.21. The van der Waals surface area contributed by atoms with E-state index >= 15 is 0 Å². The molecule has 0 amide bonds. The third-order valence-corrected chi connectivity index (χ3v) is 4.32. The van der Waals surface area contributed by atoms with Gasteiger partial charge in [0, 0.05) is 19.2 Å². The molecule has 4 rings (SSSR count). The zero-order chi connectivity index (χ0) is 17.8. The quantitative estimate of drug-likeness (QED) is 0.554. The van der Waals surface area contributed by atoms with Gasteiger partial charge >= 0.3 is 0 Å². The van der Waals surface area contributed by atoms with E-state index in [-0.39, 0.29) is 6.04 Å². The maximum Gasteiger partial charge on any atom is 0.226 e. The molecular formula is C20H21N5O. The number of nitrogens with one attached hydrogen (secondary N) is 1. The molecule has 4 aromatic rings. The van der Waals surface area contributed by atoms with E-state index in [1.807, 2.05) is 48.8 Å². The molecule has 0 fully saturated rings. The highest BCUT2D eigenvalue weighted by molar-refractivity contribution is 5.39. The second-order valence-corrected chi connectivity index (χ2v) is 6.20. The summed E-state index contributed by atoms with van der Waals surface area (Å²) in [6.45, 7) is 2.74. The van der Waals surface area contributed by atoms with Gasteiger partial charge < -0.3 is 8.92 Å². The topological polar surface area (TPSA) is 68.2 Å². The molecule has 0 radical (unpaired) electrons. The average Bonchev–Trinajstić information content (AvgIpc) is 3.31. The molecule has 0 bridgehead atoms. The van der Waals surface area contributed by atoms with Crippen LogP contribution in [0.25, 0.3) is 5.65 Å². The first kappa shape index (κ1) is 16.5. The van der Waals surface area contributed by atoms with E-state index in [1.54, 1.807) is 0 Å². The van der Waals surface area contributed by atoms with Crippen LogP contribution >= 0.6 is 0 Å². The van der Waals surface area contributed by atoms with Crippen LogP contribution in [0.1, 0.15) is 42.4 Å². The van der Waals surface area contributed by atoms with E-state index in [4.69, 9.17) is 4.52 Å².